The SMILES string of the molecule is Cc1cc(C)nc(NC2CC2CO)n1. The van der Waals surface area contributed by atoms with Crippen LogP contribution in [0.1, 0.15) is 17.8 Å². The Balaban J connectivity index is 2.03. The Morgan fingerprint density at radius 1 is 1.43 bits per heavy atom. The minimum absolute atomic E-state index is 0.252. The zero-order valence-corrected chi connectivity index (χ0v) is 8.49. The summed E-state index contributed by atoms with van der Waals surface area (Å²) in [6.07, 6.45) is 1.02. The molecule has 0 radical (unpaired) electrons. The molecule has 2 N–H and O–H groups in total. The Bertz CT molecular complexity index is 320. The molecular formula is C10H15N3O. The third-order valence-corrected chi connectivity index (χ3v) is 2.45. The van der Waals surface area contributed by atoms with Crippen molar-refractivity contribution in [3.8, 4) is 0 Å². The number of aliphatic hydroxyl groups is 1. The number of aryl methyl sites for hydroxylation is 2. The van der Waals surface area contributed by atoms with Gasteiger partial charge in [-0.25, -0.2) is 9.97 Å². The average Bonchev–Trinajstić information content (AvgIpc) is 2.81. The molecule has 0 bridgehead atoms. The van der Waals surface area contributed by atoms with Gasteiger partial charge >= 0.3 is 0 Å². The van der Waals surface area contributed by atoms with E-state index in [-0.39, 0.29) is 6.61 Å². The summed E-state index contributed by atoms with van der Waals surface area (Å²) in [7, 11) is 0. The van der Waals surface area contributed by atoms with Gasteiger partial charge in [0.1, 0.15) is 0 Å². The van der Waals surface area contributed by atoms with Crippen molar-refractivity contribution in [1.29, 1.82) is 0 Å². The van der Waals surface area contributed by atoms with Gasteiger partial charge in [0.2, 0.25) is 5.95 Å². The average molecular weight is 193 g/mol. The third-order valence-electron chi connectivity index (χ3n) is 2.45. The highest BCUT2D eigenvalue weighted by molar-refractivity contribution is 5.31. The molecule has 1 aromatic rings. The van der Waals surface area contributed by atoms with E-state index in [4.69, 9.17) is 5.11 Å². The standard InChI is InChI=1S/C10H15N3O/c1-6-3-7(2)12-10(11-6)13-9-4-8(9)5-14/h3,8-9,14H,4-5H2,1-2H3,(H,11,12,13). The molecule has 0 aromatic carbocycles. The van der Waals surface area contributed by atoms with Crippen LogP contribution in [0.15, 0.2) is 6.07 Å². The summed E-state index contributed by atoms with van der Waals surface area (Å²) in [5.41, 5.74) is 1.95. The van der Waals surface area contributed by atoms with Crippen molar-refractivity contribution in [3.63, 3.8) is 0 Å². The smallest absolute Gasteiger partial charge is 0.223 e. The molecule has 4 heteroatoms. The molecule has 2 atom stereocenters. The Kier molecular flexibility index (Phi) is 2.37. The lowest BCUT2D eigenvalue weighted by atomic mass is 10.3. The predicted octanol–water partition coefficient (Wildman–Crippen LogP) is 0.886. The molecule has 76 valence electrons. The molecule has 2 unspecified atom stereocenters. The molecule has 1 aliphatic carbocycles. The van der Waals surface area contributed by atoms with Gasteiger partial charge in [-0.3, -0.25) is 0 Å². The second-order valence-electron chi connectivity index (χ2n) is 3.90. The van der Waals surface area contributed by atoms with Crippen LogP contribution in [0.4, 0.5) is 5.95 Å². The van der Waals surface area contributed by atoms with Gasteiger partial charge in [0.05, 0.1) is 0 Å². The Morgan fingerprint density at radius 3 is 2.57 bits per heavy atom. The molecular weight excluding hydrogens is 178 g/mol. The first-order valence-electron chi connectivity index (χ1n) is 4.88. The Morgan fingerprint density at radius 2 is 2.07 bits per heavy atom. The summed E-state index contributed by atoms with van der Waals surface area (Å²) < 4.78 is 0. The van der Waals surface area contributed by atoms with Crippen LogP contribution in [0.25, 0.3) is 0 Å². The predicted molar refractivity (Wildman–Crippen MR) is 54.1 cm³/mol. The molecule has 0 aliphatic heterocycles. The largest absolute Gasteiger partial charge is 0.396 e. The second kappa shape index (κ2) is 3.53. The van der Waals surface area contributed by atoms with Gasteiger partial charge in [-0.2, -0.15) is 0 Å². The van der Waals surface area contributed by atoms with Crippen LogP contribution < -0.4 is 5.32 Å². The highest BCUT2D eigenvalue weighted by atomic mass is 16.3. The van der Waals surface area contributed by atoms with Crippen LogP contribution >= 0.6 is 0 Å². The van der Waals surface area contributed by atoms with Crippen molar-refractivity contribution in [1.82, 2.24) is 9.97 Å². The van der Waals surface area contributed by atoms with Crippen LogP contribution in [0.2, 0.25) is 0 Å². The van der Waals surface area contributed by atoms with E-state index < -0.39 is 0 Å². The van der Waals surface area contributed by atoms with Gasteiger partial charge < -0.3 is 10.4 Å². The second-order valence-corrected chi connectivity index (χ2v) is 3.90. The van der Waals surface area contributed by atoms with Crippen molar-refractivity contribution in [2.75, 3.05) is 11.9 Å². The lowest BCUT2D eigenvalue weighted by Crippen LogP contribution is -2.10. The minimum atomic E-state index is 0.252. The fourth-order valence-corrected chi connectivity index (χ4v) is 1.58. The molecule has 1 saturated carbocycles. The lowest BCUT2D eigenvalue weighted by Gasteiger charge is -2.05. The van der Waals surface area contributed by atoms with Crippen molar-refractivity contribution in [3.05, 3.63) is 17.5 Å². The Hall–Kier alpha value is -1.16. The summed E-state index contributed by atoms with van der Waals surface area (Å²) in [4.78, 5) is 8.56. The van der Waals surface area contributed by atoms with Gasteiger partial charge in [-0.1, -0.05) is 0 Å². The molecule has 1 aliphatic rings. The molecule has 1 heterocycles. The minimum Gasteiger partial charge on any atom is -0.396 e. The topological polar surface area (TPSA) is 58.0 Å². The van der Waals surface area contributed by atoms with E-state index in [1.807, 2.05) is 19.9 Å². The summed E-state index contributed by atoms with van der Waals surface area (Å²) in [5.74, 6) is 1.07. The number of nitrogens with one attached hydrogen (secondary N) is 1. The van der Waals surface area contributed by atoms with Crippen LogP contribution in [0.3, 0.4) is 0 Å². The number of anilines is 1. The molecule has 0 amide bonds. The lowest BCUT2D eigenvalue weighted by molar-refractivity contribution is 0.275. The molecule has 0 spiro atoms. The fourth-order valence-electron chi connectivity index (χ4n) is 1.58. The maximum Gasteiger partial charge on any atom is 0.223 e. The summed E-state index contributed by atoms with van der Waals surface area (Å²) in [6, 6.07) is 2.31. The quantitative estimate of drug-likeness (QED) is 0.748. The Labute approximate surface area is 83.4 Å². The third kappa shape index (κ3) is 2.01. The van der Waals surface area contributed by atoms with E-state index in [9.17, 15) is 0 Å². The number of nitrogens with zero attached hydrogens (tertiary/aromatic N) is 2. The summed E-state index contributed by atoms with van der Waals surface area (Å²) in [5, 5.41) is 12.1. The van der Waals surface area contributed by atoms with Crippen molar-refractivity contribution in [2.45, 2.75) is 26.3 Å². The summed E-state index contributed by atoms with van der Waals surface area (Å²) in [6.45, 7) is 4.16. The first-order valence-corrected chi connectivity index (χ1v) is 4.88. The normalized spacial score (nSPS) is 24.8. The number of hydrogen-bond donors (Lipinski definition) is 2. The van der Waals surface area contributed by atoms with E-state index in [0.717, 1.165) is 17.8 Å². The number of rotatable bonds is 3. The maximum atomic E-state index is 8.88. The molecule has 14 heavy (non-hydrogen) atoms. The van der Waals surface area contributed by atoms with Gasteiger partial charge in [0.25, 0.3) is 0 Å². The van der Waals surface area contributed by atoms with Crippen molar-refractivity contribution in [2.24, 2.45) is 5.92 Å². The van der Waals surface area contributed by atoms with E-state index in [0.29, 0.717) is 17.9 Å². The molecule has 1 aromatic heterocycles. The van der Waals surface area contributed by atoms with E-state index in [1.54, 1.807) is 0 Å². The van der Waals surface area contributed by atoms with Gasteiger partial charge in [-0.15, -0.1) is 0 Å². The molecule has 4 nitrogen and oxygen atoms in total. The first kappa shape index (κ1) is 9.40. The van der Waals surface area contributed by atoms with E-state index in [1.165, 1.54) is 0 Å². The van der Waals surface area contributed by atoms with Gasteiger partial charge in [0, 0.05) is 30.0 Å². The summed E-state index contributed by atoms with van der Waals surface area (Å²) >= 11 is 0. The highest BCUT2D eigenvalue weighted by Crippen LogP contribution is 2.31. The van der Waals surface area contributed by atoms with E-state index in [2.05, 4.69) is 15.3 Å². The fraction of sp³-hybridized carbons (Fsp3) is 0.600. The molecule has 2 rings (SSSR count). The van der Waals surface area contributed by atoms with Gasteiger partial charge in [-0.05, 0) is 26.3 Å². The van der Waals surface area contributed by atoms with Gasteiger partial charge in [0.15, 0.2) is 0 Å². The van der Waals surface area contributed by atoms with Crippen molar-refractivity contribution < 1.29 is 5.11 Å². The maximum absolute atomic E-state index is 8.88. The number of hydrogen-bond acceptors (Lipinski definition) is 4. The van der Waals surface area contributed by atoms with E-state index >= 15 is 0 Å². The molecule has 1 fully saturated rings. The zero-order chi connectivity index (χ0) is 10.1. The van der Waals surface area contributed by atoms with Crippen LogP contribution in [-0.4, -0.2) is 27.7 Å². The van der Waals surface area contributed by atoms with Crippen LogP contribution in [-0.2, 0) is 0 Å². The van der Waals surface area contributed by atoms with Crippen molar-refractivity contribution >= 4 is 5.95 Å². The number of aliphatic hydroxyl groups excluding tert-OH is 1. The highest BCUT2D eigenvalue weighted by Gasteiger charge is 2.36. The molecule has 0 saturated heterocycles. The van der Waals surface area contributed by atoms with Crippen LogP contribution in [0.5, 0.6) is 0 Å². The number of aromatic nitrogens is 2. The van der Waals surface area contributed by atoms with Crippen LogP contribution in [0, 0.1) is 19.8 Å². The first-order chi connectivity index (χ1) is 6.69. The monoisotopic (exact) mass is 193 g/mol. The zero-order valence-electron chi connectivity index (χ0n) is 8.49.